The quantitative estimate of drug-likeness (QED) is 0.790. The number of hydrogen-bond donors (Lipinski definition) is 2. The molecule has 136 valence electrons. The Morgan fingerprint density at radius 1 is 1.40 bits per heavy atom. The monoisotopic (exact) mass is 346 g/mol. The largest absolute Gasteiger partial charge is 0.393 e. The van der Waals surface area contributed by atoms with Crippen molar-refractivity contribution in [3.05, 3.63) is 23.8 Å². The molecule has 0 spiro atoms. The lowest BCUT2D eigenvalue weighted by Gasteiger charge is -2.57. The van der Waals surface area contributed by atoms with Crippen LogP contribution in [0.15, 0.2) is 23.8 Å². The summed E-state index contributed by atoms with van der Waals surface area (Å²) in [4.78, 5) is 23.9. The Balaban J connectivity index is 1.71. The molecule has 0 bridgehead atoms. The number of allylic oxidation sites excluding steroid dienone is 4. The third kappa shape index (κ3) is 2.25. The minimum atomic E-state index is -0.633. The highest BCUT2D eigenvalue weighted by Crippen LogP contribution is 2.63. The average molecular weight is 346 g/mol. The van der Waals surface area contributed by atoms with Crippen molar-refractivity contribution >= 4 is 11.6 Å². The number of carbonyl (C=O) groups excluding carboxylic acids is 2. The molecule has 0 radical (unpaired) electrons. The molecule has 3 aliphatic carbocycles. The molecule has 2 saturated carbocycles. The van der Waals surface area contributed by atoms with Gasteiger partial charge in [0.1, 0.15) is 12.7 Å². The predicted octanol–water partition coefficient (Wildman–Crippen LogP) is 1.43. The Labute approximate surface area is 147 Å². The van der Waals surface area contributed by atoms with Gasteiger partial charge in [-0.3, -0.25) is 9.59 Å². The Morgan fingerprint density at radius 2 is 2.16 bits per heavy atom. The molecule has 0 amide bonds. The summed E-state index contributed by atoms with van der Waals surface area (Å²) in [5.41, 5.74) is 0.369. The van der Waals surface area contributed by atoms with Gasteiger partial charge in [-0.1, -0.05) is 25.5 Å². The second kappa shape index (κ2) is 5.60. The van der Waals surface area contributed by atoms with Crippen LogP contribution < -0.4 is 0 Å². The van der Waals surface area contributed by atoms with Gasteiger partial charge in [0, 0.05) is 16.7 Å². The maximum Gasteiger partial charge on any atom is 0.187 e. The van der Waals surface area contributed by atoms with Crippen LogP contribution in [0.3, 0.4) is 0 Å². The lowest BCUT2D eigenvalue weighted by molar-refractivity contribution is -0.142. The first-order chi connectivity index (χ1) is 11.8. The lowest BCUT2D eigenvalue weighted by atomic mass is 9.47. The van der Waals surface area contributed by atoms with Crippen LogP contribution in [-0.2, 0) is 14.3 Å². The molecule has 4 rings (SSSR count). The molecule has 1 heterocycles. The zero-order valence-electron chi connectivity index (χ0n) is 14.8. The summed E-state index contributed by atoms with van der Waals surface area (Å²) in [7, 11) is 0. The molecular formula is C20H26O5. The molecule has 3 fully saturated rings. The van der Waals surface area contributed by atoms with Crippen molar-refractivity contribution in [1.82, 2.24) is 0 Å². The molecule has 0 aromatic heterocycles. The molecule has 7 atom stereocenters. The second-order valence-electron chi connectivity index (χ2n) is 8.64. The summed E-state index contributed by atoms with van der Waals surface area (Å²) < 4.78 is 5.83. The summed E-state index contributed by atoms with van der Waals surface area (Å²) in [6.45, 7) is 4.12. The zero-order valence-corrected chi connectivity index (χ0v) is 14.8. The number of ether oxygens (including phenoxy) is 1. The predicted molar refractivity (Wildman–Crippen MR) is 90.6 cm³/mol. The fourth-order valence-corrected chi connectivity index (χ4v) is 6.25. The molecule has 4 aliphatic rings. The van der Waals surface area contributed by atoms with Crippen LogP contribution in [-0.4, -0.2) is 47.2 Å². The van der Waals surface area contributed by atoms with E-state index < -0.39 is 24.2 Å². The maximum atomic E-state index is 12.2. The third-order valence-electron chi connectivity index (χ3n) is 7.42. The van der Waals surface area contributed by atoms with Crippen molar-refractivity contribution in [1.29, 1.82) is 0 Å². The molecule has 5 unspecified atom stereocenters. The van der Waals surface area contributed by atoms with E-state index in [9.17, 15) is 19.8 Å². The van der Waals surface area contributed by atoms with E-state index in [4.69, 9.17) is 4.74 Å². The Hall–Kier alpha value is -1.30. The molecule has 5 heteroatoms. The first-order valence-corrected chi connectivity index (χ1v) is 9.19. The first kappa shape index (κ1) is 17.1. The number of fused-ring (bicyclic) bond motifs is 5. The van der Waals surface area contributed by atoms with Gasteiger partial charge in [0.15, 0.2) is 11.6 Å². The number of hydrogen-bond acceptors (Lipinski definition) is 5. The van der Waals surface area contributed by atoms with Crippen molar-refractivity contribution in [2.24, 2.45) is 28.6 Å². The fraction of sp³-hybridized carbons (Fsp3) is 0.700. The van der Waals surface area contributed by atoms with Crippen molar-refractivity contribution in [2.75, 3.05) is 13.2 Å². The molecule has 0 aromatic carbocycles. The number of Topliss-reactive ketones (excluding diaryl/α,β-unsaturated/α-hetero) is 1. The van der Waals surface area contributed by atoms with Gasteiger partial charge in [-0.05, 0) is 43.3 Å². The van der Waals surface area contributed by atoms with Crippen LogP contribution >= 0.6 is 0 Å². The van der Waals surface area contributed by atoms with E-state index in [1.807, 2.05) is 13.0 Å². The molecule has 5 nitrogen and oxygen atoms in total. The van der Waals surface area contributed by atoms with Gasteiger partial charge in [-0.15, -0.1) is 0 Å². The number of ketones is 2. The normalized spacial score (nSPS) is 48.4. The van der Waals surface area contributed by atoms with Gasteiger partial charge >= 0.3 is 0 Å². The van der Waals surface area contributed by atoms with E-state index in [1.54, 1.807) is 12.2 Å². The molecule has 1 aliphatic heterocycles. The Bertz CT molecular complexity index is 680. The summed E-state index contributed by atoms with van der Waals surface area (Å²) >= 11 is 0. The Morgan fingerprint density at radius 3 is 2.88 bits per heavy atom. The van der Waals surface area contributed by atoms with Gasteiger partial charge in [0.2, 0.25) is 0 Å². The van der Waals surface area contributed by atoms with Crippen LogP contribution in [0.2, 0.25) is 0 Å². The standard InChI is InChI=1S/C20H26O5/c1-19-6-5-12(22)7-11(19)3-4-13-14-10-25-18(16(24)9-21)20(14,2)8-15(23)17(13)19/h5-7,13-15,17-18,21,23H,3-4,8-10H2,1-2H3/t13?,14?,15?,17?,18-,19?,20+/m1/s1. The van der Waals surface area contributed by atoms with E-state index in [0.717, 1.165) is 18.4 Å². The van der Waals surface area contributed by atoms with Crippen molar-refractivity contribution in [3.8, 4) is 0 Å². The SMILES string of the molecule is CC12C=CC(=O)C=C1CCC1C2C(O)C[C@@]2(C)C1CO[C@@H]2C(=O)CO. The van der Waals surface area contributed by atoms with E-state index in [2.05, 4.69) is 6.92 Å². The Kier molecular flexibility index (Phi) is 3.84. The second-order valence-corrected chi connectivity index (χ2v) is 8.64. The summed E-state index contributed by atoms with van der Waals surface area (Å²) in [6, 6.07) is 0. The highest BCUT2D eigenvalue weighted by atomic mass is 16.5. The molecule has 1 saturated heterocycles. The average Bonchev–Trinajstić information content (AvgIpc) is 2.91. The summed E-state index contributed by atoms with van der Waals surface area (Å²) in [5.74, 6) is 0.192. The number of carbonyl (C=O) groups is 2. The van der Waals surface area contributed by atoms with Gasteiger partial charge in [0.05, 0.1) is 12.7 Å². The van der Waals surface area contributed by atoms with Gasteiger partial charge in [0.25, 0.3) is 0 Å². The van der Waals surface area contributed by atoms with Crippen LogP contribution in [0.4, 0.5) is 0 Å². The van der Waals surface area contributed by atoms with Gasteiger partial charge in [-0.2, -0.15) is 0 Å². The van der Waals surface area contributed by atoms with Gasteiger partial charge in [-0.25, -0.2) is 0 Å². The molecular weight excluding hydrogens is 320 g/mol. The maximum absolute atomic E-state index is 12.2. The topological polar surface area (TPSA) is 83.8 Å². The van der Waals surface area contributed by atoms with E-state index >= 15 is 0 Å². The minimum Gasteiger partial charge on any atom is -0.393 e. The minimum absolute atomic E-state index is 0.0267. The van der Waals surface area contributed by atoms with Crippen LogP contribution in [0, 0.1) is 28.6 Å². The fourth-order valence-electron chi connectivity index (χ4n) is 6.25. The van der Waals surface area contributed by atoms with E-state index in [-0.39, 0.29) is 34.7 Å². The third-order valence-corrected chi connectivity index (χ3v) is 7.42. The van der Waals surface area contributed by atoms with Crippen molar-refractivity contribution < 1.29 is 24.5 Å². The molecule has 2 N–H and O–H groups in total. The van der Waals surface area contributed by atoms with Gasteiger partial charge < -0.3 is 14.9 Å². The molecule has 0 aromatic rings. The summed E-state index contributed by atoms with van der Waals surface area (Å²) in [5, 5.41) is 20.4. The highest BCUT2D eigenvalue weighted by molar-refractivity contribution is 6.01. The van der Waals surface area contributed by atoms with E-state index in [1.165, 1.54) is 0 Å². The smallest absolute Gasteiger partial charge is 0.187 e. The zero-order chi connectivity index (χ0) is 18.0. The summed E-state index contributed by atoms with van der Waals surface area (Å²) in [6.07, 6.45) is 6.36. The van der Waals surface area contributed by atoms with E-state index in [0.29, 0.717) is 13.0 Å². The first-order valence-electron chi connectivity index (χ1n) is 9.19. The number of aliphatic hydroxyl groups excluding tert-OH is 2. The van der Waals surface area contributed by atoms with Crippen molar-refractivity contribution in [3.63, 3.8) is 0 Å². The van der Waals surface area contributed by atoms with Crippen LogP contribution in [0.25, 0.3) is 0 Å². The van der Waals surface area contributed by atoms with Crippen LogP contribution in [0.5, 0.6) is 0 Å². The number of rotatable bonds is 2. The number of aliphatic hydroxyl groups is 2. The van der Waals surface area contributed by atoms with Crippen LogP contribution in [0.1, 0.15) is 33.1 Å². The lowest BCUT2D eigenvalue weighted by Crippen LogP contribution is -2.57. The molecule has 25 heavy (non-hydrogen) atoms. The van der Waals surface area contributed by atoms with Crippen molar-refractivity contribution in [2.45, 2.75) is 45.3 Å². The highest BCUT2D eigenvalue weighted by Gasteiger charge is 2.63.